The van der Waals surface area contributed by atoms with Gasteiger partial charge in [-0.25, -0.2) is 28.5 Å². The number of imidazole rings is 1. The number of aromatic amines is 1. The first kappa shape index (κ1) is 9.67. The summed E-state index contributed by atoms with van der Waals surface area (Å²) in [5.74, 6) is 0. The molecule has 2 aromatic heterocycles. The number of sulfonamides is 1. The molecule has 1 aliphatic carbocycles. The van der Waals surface area contributed by atoms with Crippen molar-refractivity contribution in [1.29, 1.82) is 0 Å². The summed E-state index contributed by atoms with van der Waals surface area (Å²) in [6.45, 7) is 0. The van der Waals surface area contributed by atoms with Crippen LogP contribution in [0.15, 0.2) is 12.5 Å². The van der Waals surface area contributed by atoms with Gasteiger partial charge in [0.05, 0.1) is 18.2 Å². The van der Waals surface area contributed by atoms with Crippen LogP contribution in [0.25, 0.3) is 11.3 Å². The van der Waals surface area contributed by atoms with Crippen molar-refractivity contribution in [2.75, 3.05) is 0 Å². The molecule has 84 valence electrons. The number of hydrogen-bond acceptors (Lipinski definition) is 5. The number of nitrogens with two attached hydrogens (primary N) is 1. The maximum atomic E-state index is 11.5. The second kappa shape index (κ2) is 2.77. The van der Waals surface area contributed by atoms with Crippen molar-refractivity contribution in [2.45, 2.75) is 17.6 Å². The Balaban J connectivity index is 2.20. The van der Waals surface area contributed by atoms with Crippen LogP contribution in [0.4, 0.5) is 0 Å². The minimum absolute atomic E-state index is 0.395. The lowest BCUT2D eigenvalue weighted by Gasteiger charge is -2.10. The predicted molar refractivity (Wildman–Crippen MR) is 55.7 cm³/mol. The van der Waals surface area contributed by atoms with E-state index in [4.69, 9.17) is 5.14 Å². The zero-order valence-corrected chi connectivity index (χ0v) is 9.03. The lowest BCUT2D eigenvalue weighted by atomic mass is 10.3. The van der Waals surface area contributed by atoms with Gasteiger partial charge in [0.25, 0.3) is 0 Å². The van der Waals surface area contributed by atoms with Crippen LogP contribution in [0.3, 0.4) is 0 Å². The van der Waals surface area contributed by atoms with Crippen molar-refractivity contribution in [3.05, 3.63) is 18.2 Å². The van der Waals surface area contributed by atoms with E-state index in [0.29, 0.717) is 29.8 Å². The molecule has 1 saturated carbocycles. The number of aromatic nitrogens is 4. The van der Waals surface area contributed by atoms with Crippen molar-refractivity contribution >= 4 is 21.3 Å². The molecule has 2 aromatic rings. The van der Waals surface area contributed by atoms with E-state index in [1.807, 2.05) is 0 Å². The number of rotatable bonds is 2. The van der Waals surface area contributed by atoms with Crippen LogP contribution in [0.2, 0.25) is 0 Å². The number of fused-ring (bicyclic) bond motifs is 1. The topological polar surface area (TPSA) is 115 Å². The van der Waals surface area contributed by atoms with E-state index >= 15 is 0 Å². The molecule has 16 heavy (non-hydrogen) atoms. The lowest BCUT2D eigenvalue weighted by Crippen LogP contribution is -2.29. The van der Waals surface area contributed by atoms with Crippen molar-refractivity contribution in [3.8, 4) is 0 Å². The third-order valence-corrected chi connectivity index (χ3v) is 4.56. The van der Waals surface area contributed by atoms with Gasteiger partial charge in [0.15, 0.2) is 11.3 Å². The van der Waals surface area contributed by atoms with Gasteiger partial charge in [-0.05, 0) is 12.8 Å². The standard InChI is InChI=1S/C8H9N5O2S/c9-16(14,15)8(1-2-8)5-3-10-6-7(13-5)12-4-11-6/h3-4H,1-2H2,(H2,9,14,15)(H,10,11,12,13). The quantitative estimate of drug-likeness (QED) is 0.742. The summed E-state index contributed by atoms with van der Waals surface area (Å²) in [6.07, 6.45) is 3.89. The van der Waals surface area contributed by atoms with Crippen LogP contribution in [-0.4, -0.2) is 28.4 Å². The normalized spacial score (nSPS) is 18.8. The second-order valence-electron chi connectivity index (χ2n) is 3.87. The van der Waals surface area contributed by atoms with Gasteiger partial charge in [-0.15, -0.1) is 0 Å². The average Bonchev–Trinajstić information content (AvgIpc) is 2.91. The van der Waals surface area contributed by atoms with Gasteiger partial charge in [0, 0.05) is 0 Å². The van der Waals surface area contributed by atoms with Crippen LogP contribution >= 0.6 is 0 Å². The molecule has 0 aliphatic heterocycles. The Morgan fingerprint density at radius 1 is 1.38 bits per heavy atom. The summed E-state index contributed by atoms with van der Waals surface area (Å²) < 4.78 is 21.9. The van der Waals surface area contributed by atoms with Gasteiger partial charge in [-0.2, -0.15) is 0 Å². The predicted octanol–water partition coefficient (Wildman–Crippen LogP) is -0.370. The summed E-state index contributed by atoms with van der Waals surface area (Å²) in [4.78, 5) is 14.9. The maximum absolute atomic E-state index is 11.5. The Morgan fingerprint density at radius 2 is 2.12 bits per heavy atom. The van der Waals surface area contributed by atoms with Gasteiger partial charge in [-0.1, -0.05) is 0 Å². The summed E-state index contributed by atoms with van der Waals surface area (Å²) in [7, 11) is -3.63. The highest BCUT2D eigenvalue weighted by Gasteiger charge is 2.56. The molecule has 0 spiro atoms. The van der Waals surface area contributed by atoms with E-state index in [2.05, 4.69) is 19.9 Å². The number of primary sulfonamides is 1. The maximum Gasteiger partial charge on any atom is 0.220 e. The van der Waals surface area contributed by atoms with Crippen molar-refractivity contribution in [3.63, 3.8) is 0 Å². The molecule has 2 heterocycles. The fourth-order valence-electron chi connectivity index (χ4n) is 1.75. The molecule has 3 N–H and O–H groups in total. The fraction of sp³-hybridized carbons (Fsp3) is 0.375. The summed E-state index contributed by atoms with van der Waals surface area (Å²) in [5, 5.41) is 5.21. The Hall–Kier alpha value is -1.54. The van der Waals surface area contributed by atoms with E-state index in [1.165, 1.54) is 12.5 Å². The van der Waals surface area contributed by atoms with Gasteiger partial charge in [0.2, 0.25) is 10.0 Å². The smallest absolute Gasteiger partial charge is 0.220 e. The molecule has 0 atom stereocenters. The van der Waals surface area contributed by atoms with Crippen LogP contribution < -0.4 is 5.14 Å². The molecule has 0 unspecified atom stereocenters. The highest BCUT2D eigenvalue weighted by atomic mass is 32.2. The zero-order chi connectivity index (χ0) is 11.4. The SMILES string of the molecule is NS(=O)(=O)C1(c2cnc3nc[nH]c3n2)CC1. The van der Waals surface area contributed by atoms with Gasteiger partial charge < -0.3 is 4.98 Å². The highest BCUT2D eigenvalue weighted by Crippen LogP contribution is 2.50. The van der Waals surface area contributed by atoms with E-state index < -0.39 is 14.8 Å². The van der Waals surface area contributed by atoms with E-state index in [0.717, 1.165) is 0 Å². The molecule has 1 aliphatic rings. The van der Waals surface area contributed by atoms with Crippen molar-refractivity contribution in [2.24, 2.45) is 5.14 Å². The van der Waals surface area contributed by atoms with E-state index in [1.54, 1.807) is 0 Å². The molecule has 0 saturated heterocycles. The van der Waals surface area contributed by atoms with Gasteiger partial charge in [-0.3, -0.25) is 0 Å². The molecule has 1 fully saturated rings. The molecule has 0 bridgehead atoms. The summed E-state index contributed by atoms with van der Waals surface area (Å²) in [6, 6.07) is 0. The summed E-state index contributed by atoms with van der Waals surface area (Å²) in [5.41, 5.74) is 1.34. The minimum Gasteiger partial charge on any atom is -0.328 e. The van der Waals surface area contributed by atoms with Crippen molar-refractivity contribution < 1.29 is 8.42 Å². The summed E-state index contributed by atoms with van der Waals surface area (Å²) >= 11 is 0. The third-order valence-electron chi connectivity index (χ3n) is 2.86. The molecular formula is C8H9N5O2S. The molecule has 0 amide bonds. The first-order valence-electron chi connectivity index (χ1n) is 4.72. The molecule has 0 radical (unpaired) electrons. The number of hydrogen-bond donors (Lipinski definition) is 2. The van der Waals surface area contributed by atoms with Crippen LogP contribution in [0.1, 0.15) is 18.5 Å². The first-order chi connectivity index (χ1) is 7.53. The third kappa shape index (κ3) is 1.17. The molecular weight excluding hydrogens is 230 g/mol. The fourth-order valence-corrected chi connectivity index (χ4v) is 2.81. The Kier molecular flexibility index (Phi) is 1.67. The van der Waals surface area contributed by atoms with Crippen LogP contribution in [0.5, 0.6) is 0 Å². The molecule has 0 aromatic carbocycles. The molecule has 7 nitrogen and oxygen atoms in total. The lowest BCUT2D eigenvalue weighted by molar-refractivity contribution is 0.579. The van der Waals surface area contributed by atoms with E-state index in [9.17, 15) is 8.42 Å². The van der Waals surface area contributed by atoms with Gasteiger partial charge >= 0.3 is 0 Å². The molecule has 3 rings (SSSR count). The minimum atomic E-state index is -3.63. The van der Waals surface area contributed by atoms with Gasteiger partial charge in [0.1, 0.15) is 4.75 Å². The number of nitrogens with one attached hydrogen (secondary N) is 1. The first-order valence-corrected chi connectivity index (χ1v) is 6.26. The molecule has 8 heteroatoms. The largest absolute Gasteiger partial charge is 0.328 e. The Bertz CT molecular complexity index is 658. The van der Waals surface area contributed by atoms with Crippen LogP contribution in [0, 0.1) is 0 Å². The zero-order valence-electron chi connectivity index (χ0n) is 8.21. The monoisotopic (exact) mass is 239 g/mol. The highest BCUT2D eigenvalue weighted by molar-refractivity contribution is 7.90. The number of nitrogens with zero attached hydrogens (tertiary/aromatic N) is 3. The average molecular weight is 239 g/mol. The Morgan fingerprint density at radius 3 is 2.75 bits per heavy atom. The Labute approximate surface area is 91.2 Å². The van der Waals surface area contributed by atoms with Crippen molar-refractivity contribution in [1.82, 2.24) is 19.9 Å². The van der Waals surface area contributed by atoms with Crippen LogP contribution in [-0.2, 0) is 14.8 Å². The van der Waals surface area contributed by atoms with E-state index in [-0.39, 0.29) is 0 Å². The second-order valence-corrected chi connectivity index (χ2v) is 5.74. The number of H-pyrrole nitrogens is 1.